The zero-order chi connectivity index (χ0) is 18.1. The number of amides is 1. The molecule has 0 atom stereocenters. The standard InChI is InChI=1S/C19H23ClN4O2/c1-14-3-5-15(6-4-14)13-22-8-10-23(11-9-22)18(25)17-16(20)19-24(21-17)7-2-12-26-19/h3-6H,2,7-13H2,1H3. The van der Waals surface area contributed by atoms with Crippen molar-refractivity contribution < 1.29 is 9.53 Å². The first-order valence-corrected chi connectivity index (χ1v) is 9.46. The van der Waals surface area contributed by atoms with Gasteiger partial charge in [0.05, 0.1) is 6.61 Å². The number of ether oxygens (including phenoxy) is 1. The second-order valence-electron chi connectivity index (χ2n) is 6.95. The van der Waals surface area contributed by atoms with E-state index in [0.717, 1.165) is 32.6 Å². The van der Waals surface area contributed by atoms with E-state index in [1.165, 1.54) is 11.1 Å². The summed E-state index contributed by atoms with van der Waals surface area (Å²) in [6, 6.07) is 8.61. The minimum Gasteiger partial charge on any atom is -0.477 e. The van der Waals surface area contributed by atoms with Gasteiger partial charge in [0.15, 0.2) is 5.69 Å². The van der Waals surface area contributed by atoms with E-state index >= 15 is 0 Å². The Kier molecular flexibility index (Phi) is 4.87. The minimum absolute atomic E-state index is 0.101. The Bertz CT molecular complexity index is 795. The molecule has 0 unspecified atom stereocenters. The number of benzene rings is 1. The molecule has 2 aliphatic heterocycles. The number of halogens is 1. The van der Waals surface area contributed by atoms with Crippen molar-refractivity contribution in [2.24, 2.45) is 0 Å². The summed E-state index contributed by atoms with van der Waals surface area (Å²) >= 11 is 6.34. The van der Waals surface area contributed by atoms with Crippen molar-refractivity contribution in [2.75, 3.05) is 32.8 Å². The highest BCUT2D eigenvalue weighted by atomic mass is 35.5. The largest absolute Gasteiger partial charge is 0.477 e. The highest BCUT2D eigenvalue weighted by Crippen LogP contribution is 2.31. The van der Waals surface area contributed by atoms with Crippen molar-refractivity contribution in [2.45, 2.75) is 26.4 Å². The predicted octanol–water partition coefficient (Wildman–Crippen LogP) is 2.59. The second kappa shape index (κ2) is 7.29. The topological polar surface area (TPSA) is 50.6 Å². The van der Waals surface area contributed by atoms with Gasteiger partial charge in [-0.3, -0.25) is 9.69 Å². The summed E-state index contributed by atoms with van der Waals surface area (Å²) in [6.07, 6.45) is 0.885. The van der Waals surface area contributed by atoms with Crippen molar-refractivity contribution in [3.8, 4) is 5.88 Å². The van der Waals surface area contributed by atoms with Crippen molar-refractivity contribution in [3.05, 3.63) is 46.1 Å². The van der Waals surface area contributed by atoms with Gasteiger partial charge >= 0.3 is 0 Å². The van der Waals surface area contributed by atoms with Gasteiger partial charge < -0.3 is 9.64 Å². The average molecular weight is 375 g/mol. The number of nitrogens with zero attached hydrogens (tertiary/aromatic N) is 4. The first-order chi connectivity index (χ1) is 12.6. The maximum absolute atomic E-state index is 12.8. The van der Waals surface area contributed by atoms with Gasteiger partial charge in [-0.25, -0.2) is 4.68 Å². The Labute approximate surface area is 158 Å². The molecule has 1 aromatic carbocycles. The normalized spacial score (nSPS) is 17.7. The number of piperazine rings is 1. The molecule has 0 saturated carbocycles. The number of carbonyl (C=O) groups excluding carboxylic acids is 1. The van der Waals surface area contributed by atoms with Gasteiger partial charge in [0, 0.05) is 45.7 Å². The van der Waals surface area contributed by atoms with Crippen molar-refractivity contribution in [1.82, 2.24) is 19.6 Å². The number of carbonyl (C=O) groups is 1. The molecule has 26 heavy (non-hydrogen) atoms. The zero-order valence-corrected chi connectivity index (χ0v) is 15.7. The van der Waals surface area contributed by atoms with Crippen LogP contribution in [0.4, 0.5) is 0 Å². The van der Waals surface area contributed by atoms with Crippen LogP contribution in [0.25, 0.3) is 0 Å². The van der Waals surface area contributed by atoms with Gasteiger partial charge in [0.25, 0.3) is 5.91 Å². The van der Waals surface area contributed by atoms with Crippen LogP contribution in [0.2, 0.25) is 5.02 Å². The molecule has 0 spiro atoms. The van der Waals surface area contributed by atoms with Crippen LogP contribution >= 0.6 is 11.6 Å². The fraction of sp³-hybridized carbons (Fsp3) is 0.474. The monoisotopic (exact) mass is 374 g/mol. The maximum Gasteiger partial charge on any atom is 0.276 e. The fourth-order valence-electron chi connectivity index (χ4n) is 3.44. The smallest absolute Gasteiger partial charge is 0.276 e. The molecule has 0 bridgehead atoms. The number of aryl methyl sites for hydroxylation is 2. The third-order valence-electron chi connectivity index (χ3n) is 4.99. The lowest BCUT2D eigenvalue weighted by Gasteiger charge is -2.34. The summed E-state index contributed by atoms with van der Waals surface area (Å²) in [6.45, 7) is 7.44. The van der Waals surface area contributed by atoms with Crippen LogP contribution in [0, 0.1) is 6.92 Å². The zero-order valence-electron chi connectivity index (χ0n) is 14.9. The lowest BCUT2D eigenvalue weighted by atomic mass is 10.1. The summed E-state index contributed by atoms with van der Waals surface area (Å²) in [5.41, 5.74) is 2.89. The molecule has 0 radical (unpaired) electrons. The van der Waals surface area contributed by atoms with Gasteiger partial charge in [-0.15, -0.1) is 0 Å². The third-order valence-corrected chi connectivity index (χ3v) is 5.33. The summed E-state index contributed by atoms with van der Waals surface area (Å²) in [5, 5.41) is 4.72. The second-order valence-corrected chi connectivity index (χ2v) is 7.32. The molecular weight excluding hydrogens is 352 g/mol. The lowest BCUT2D eigenvalue weighted by Crippen LogP contribution is -2.48. The lowest BCUT2D eigenvalue weighted by molar-refractivity contribution is 0.0622. The first kappa shape index (κ1) is 17.4. The number of aromatic nitrogens is 2. The highest BCUT2D eigenvalue weighted by molar-refractivity contribution is 6.34. The average Bonchev–Trinajstić information content (AvgIpc) is 3.01. The number of rotatable bonds is 3. The van der Waals surface area contributed by atoms with Crippen LogP contribution in [-0.2, 0) is 13.1 Å². The van der Waals surface area contributed by atoms with Crippen LogP contribution in [0.3, 0.4) is 0 Å². The SMILES string of the molecule is Cc1ccc(CN2CCN(C(=O)c3nn4c(c3Cl)OCCC4)CC2)cc1. The molecule has 7 heteroatoms. The van der Waals surface area contributed by atoms with E-state index in [1.807, 2.05) is 4.90 Å². The summed E-state index contributed by atoms with van der Waals surface area (Å²) in [4.78, 5) is 17.0. The fourth-order valence-corrected chi connectivity index (χ4v) is 3.72. The molecule has 6 nitrogen and oxygen atoms in total. The number of hydrogen-bond donors (Lipinski definition) is 0. The summed E-state index contributed by atoms with van der Waals surface area (Å²) < 4.78 is 7.25. The van der Waals surface area contributed by atoms with Crippen molar-refractivity contribution >= 4 is 17.5 Å². The molecule has 0 N–H and O–H groups in total. The molecule has 1 aromatic heterocycles. The Hall–Kier alpha value is -2.05. The van der Waals surface area contributed by atoms with Gasteiger partial charge in [-0.1, -0.05) is 41.4 Å². The van der Waals surface area contributed by atoms with Crippen molar-refractivity contribution in [3.63, 3.8) is 0 Å². The van der Waals surface area contributed by atoms with Crippen LogP contribution in [0.5, 0.6) is 5.88 Å². The van der Waals surface area contributed by atoms with Crippen LogP contribution in [-0.4, -0.2) is 58.3 Å². The summed E-state index contributed by atoms with van der Waals surface area (Å²) in [7, 11) is 0. The first-order valence-electron chi connectivity index (χ1n) is 9.08. The van der Waals surface area contributed by atoms with E-state index in [4.69, 9.17) is 16.3 Å². The maximum atomic E-state index is 12.8. The molecule has 0 aliphatic carbocycles. The molecule has 1 amide bonds. The van der Waals surface area contributed by atoms with E-state index < -0.39 is 0 Å². The quantitative estimate of drug-likeness (QED) is 0.828. The molecule has 2 aromatic rings. The highest BCUT2D eigenvalue weighted by Gasteiger charge is 2.30. The molecule has 3 heterocycles. The molecule has 2 aliphatic rings. The summed E-state index contributed by atoms with van der Waals surface area (Å²) in [5.74, 6) is 0.426. The third kappa shape index (κ3) is 3.44. The van der Waals surface area contributed by atoms with Crippen molar-refractivity contribution in [1.29, 1.82) is 0 Å². The number of fused-ring (bicyclic) bond motifs is 1. The molecular formula is C19H23ClN4O2. The van der Waals surface area contributed by atoms with Gasteiger partial charge in [0.2, 0.25) is 5.88 Å². The Morgan fingerprint density at radius 1 is 1.15 bits per heavy atom. The Morgan fingerprint density at radius 3 is 2.58 bits per heavy atom. The Morgan fingerprint density at radius 2 is 1.88 bits per heavy atom. The van der Waals surface area contributed by atoms with E-state index in [9.17, 15) is 4.79 Å². The van der Waals surface area contributed by atoms with Crippen LogP contribution < -0.4 is 4.74 Å². The Balaban J connectivity index is 1.38. The number of hydrogen-bond acceptors (Lipinski definition) is 4. The van der Waals surface area contributed by atoms with E-state index in [2.05, 4.69) is 41.2 Å². The molecule has 138 valence electrons. The van der Waals surface area contributed by atoms with Gasteiger partial charge in [-0.2, -0.15) is 5.10 Å². The molecule has 4 rings (SSSR count). The van der Waals surface area contributed by atoms with E-state index in [1.54, 1.807) is 4.68 Å². The van der Waals surface area contributed by atoms with Crippen LogP contribution in [0.15, 0.2) is 24.3 Å². The van der Waals surface area contributed by atoms with Gasteiger partial charge in [0.1, 0.15) is 5.02 Å². The van der Waals surface area contributed by atoms with Gasteiger partial charge in [-0.05, 0) is 12.5 Å². The molecule has 1 fully saturated rings. The predicted molar refractivity (Wildman–Crippen MR) is 99.7 cm³/mol. The minimum atomic E-state index is -0.101. The van der Waals surface area contributed by atoms with E-state index in [-0.39, 0.29) is 5.91 Å². The van der Waals surface area contributed by atoms with Crippen LogP contribution in [0.1, 0.15) is 28.0 Å². The van der Waals surface area contributed by atoms with E-state index in [0.29, 0.717) is 36.3 Å². The molecule has 1 saturated heterocycles.